The second-order valence-corrected chi connectivity index (χ2v) is 9.96. The molecule has 0 spiro atoms. The predicted molar refractivity (Wildman–Crippen MR) is 127 cm³/mol. The number of nitrogens with zero attached hydrogens (tertiary/aromatic N) is 2. The summed E-state index contributed by atoms with van der Waals surface area (Å²) < 4.78 is 27.7. The van der Waals surface area contributed by atoms with Crippen LogP contribution in [0.25, 0.3) is 0 Å². The number of carbonyl (C=O) groups excluding carboxylic acids is 1. The third-order valence-electron chi connectivity index (χ3n) is 4.68. The fraction of sp³-hybridized carbons (Fsp3) is 0.136. The van der Waals surface area contributed by atoms with Crippen molar-refractivity contribution in [3.8, 4) is 0 Å². The van der Waals surface area contributed by atoms with Crippen LogP contribution in [0.4, 0.5) is 11.4 Å². The number of amides is 1. The number of anilines is 1. The van der Waals surface area contributed by atoms with Crippen LogP contribution in [0, 0.1) is 17.0 Å². The van der Waals surface area contributed by atoms with Crippen molar-refractivity contribution in [3.63, 3.8) is 0 Å². The molecule has 0 heterocycles. The highest BCUT2D eigenvalue weighted by Gasteiger charge is 2.28. The van der Waals surface area contributed by atoms with E-state index in [0.717, 1.165) is 9.87 Å². The smallest absolute Gasteiger partial charge is 0.271 e. The lowest BCUT2D eigenvalue weighted by Crippen LogP contribution is -2.37. The lowest BCUT2D eigenvalue weighted by molar-refractivity contribution is -0.384. The van der Waals surface area contributed by atoms with Gasteiger partial charge in [-0.25, -0.2) is 8.42 Å². The molecule has 0 unspecified atom stereocenters. The summed E-state index contributed by atoms with van der Waals surface area (Å²) in [5.74, 6) is -0.670. The minimum absolute atomic E-state index is 0.0151. The van der Waals surface area contributed by atoms with E-state index >= 15 is 0 Å². The molecule has 1 amide bonds. The minimum atomic E-state index is -4.08. The average Bonchev–Trinajstić information content (AvgIpc) is 2.75. The molecule has 0 saturated heterocycles. The molecule has 8 nitrogen and oxygen atoms in total. The summed E-state index contributed by atoms with van der Waals surface area (Å²) in [6.07, 6.45) is 0. The summed E-state index contributed by atoms with van der Waals surface area (Å²) in [4.78, 5) is 23.1. The molecule has 0 bridgehead atoms. The lowest BCUT2D eigenvalue weighted by Gasteiger charge is -2.22. The van der Waals surface area contributed by atoms with Gasteiger partial charge in [-0.2, -0.15) is 4.31 Å². The van der Waals surface area contributed by atoms with E-state index in [-0.39, 0.29) is 27.8 Å². The Morgan fingerprint density at radius 1 is 1.06 bits per heavy atom. The number of hydrogen-bond donors (Lipinski definition) is 1. The van der Waals surface area contributed by atoms with Crippen molar-refractivity contribution in [3.05, 3.63) is 98.0 Å². The molecule has 0 aliphatic rings. The van der Waals surface area contributed by atoms with Gasteiger partial charge in [0.05, 0.1) is 16.4 Å². The Labute approximate surface area is 200 Å². The molecule has 0 fully saturated rings. The highest BCUT2D eigenvalue weighted by atomic mass is 35.5. The second-order valence-electron chi connectivity index (χ2n) is 7.18. The second kappa shape index (κ2) is 10.3. The number of rotatable bonds is 8. The van der Waals surface area contributed by atoms with Gasteiger partial charge in [-0.05, 0) is 42.8 Å². The maximum atomic E-state index is 13.3. The number of halogens is 2. The Morgan fingerprint density at radius 3 is 2.39 bits per heavy atom. The Morgan fingerprint density at radius 2 is 1.76 bits per heavy atom. The molecule has 0 atom stereocenters. The van der Waals surface area contributed by atoms with Gasteiger partial charge in [-0.3, -0.25) is 14.9 Å². The van der Waals surface area contributed by atoms with Crippen LogP contribution < -0.4 is 5.32 Å². The molecule has 0 aliphatic heterocycles. The molecule has 1 N–H and O–H groups in total. The van der Waals surface area contributed by atoms with Gasteiger partial charge >= 0.3 is 0 Å². The molecule has 0 saturated carbocycles. The molecule has 3 aromatic carbocycles. The quantitative estimate of drug-likeness (QED) is 0.339. The highest BCUT2D eigenvalue weighted by Crippen LogP contribution is 2.26. The van der Waals surface area contributed by atoms with Gasteiger partial charge in [-0.1, -0.05) is 53.0 Å². The topological polar surface area (TPSA) is 110 Å². The molecule has 0 aromatic heterocycles. The zero-order valence-corrected chi connectivity index (χ0v) is 19.7. The van der Waals surface area contributed by atoms with Crippen LogP contribution in [0.2, 0.25) is 10.0 Å². The number of aryl methyl sites for hydroxylation is 1. The maximum Gasteiger partial charge on any atom is 0.271 e. The average molecular weight is 508 g/mol. The number of nitro groups is 1. The first-order valence-corrected chi connectivity index (χ1v) is 11.8. The SMILES string of the molecule is Cc1ccc(S(=O)(=O)N(CC(=O)Nc2cccc([N+](=O)[O-])c2)Cc2ccc(Cl)cc2Cl)cc1. The Balaban J connectivity index is 1.90. The number of hydrogen-bond acceptors (Lipinski definition) is 5. The molecular weight excluding hydrogens is 489 g/mol. The number of carbonyl (C=O) groups is 1. The lowest BCUT2D eigenvalue weighted by atomic mass is 10.2. The van der Waals surface area contributed by atoms with Gasteiger partial charge in [-0.15, -0.1) is 0 Å². The van der Waals surface area contributed by atoms with Crippen molar-refractivity contribution in [1.29, 1.82) is 0 Å². The normalized spacial score (nSPS) is 11.4. The number of sulfonamides is 1. The van der Waals surface area contributed by atoms with Crippen LogP contribution in [0.3, 0.4) is 0 Å². The van der Waals surface area contributed by atoms with Gasteiger partial charge in [0.2, 0.25) is 15.9 Å². The Kier molecular flexibility index (Phi) is 7.70. The van der Waals surface area contributed by atoms with E-state index in [9.17, 15) is 23.3 Å². The van der Waals surface area contributed by atoms with Crippen LogP contribution in [0.5, 0.6) is 0 Å². The molecule has 3 rings (SSSR count). The van der Waals surface area contributed by atoms with E-state index in [4.69, 9.17) is 23.2 Å². The fourth-order valence-electron chi connectivity index (χ4n) is 2.98. The van der Waals surface area contributed by atoms with Gasteiger partial charge in [0.15, 0.2) is 0 Å². The minimum Gasteiger partial charge on any atom is -0.325 e. The van der Waals surface area contributed by atoms with Crippen molar-refractivity contribution in [1.82, 2.24) is 4.31 Å². The first kappa shape index (κ1) is 24.7. The summed E-state index contributed by atoms with van der Waals surface area (Å²) >= 11 is 12.2. The number of nitrogens with one attached hydrogen (secondary N) is 1. The Hall–Kier alpha value is -2.98. The highest BCUT2D eigenvalue weighted by molar-refractivity contribution is 7.89. The standard InChI is InChI=1S/C22H19Cl2N3O5S/c1-15-5-9-20(10-6-15)33(31,32)26(13-16-7-8-17(23)11-21(16)24)14-22(28)25-18-3-2-4-19(12-18)27(29)30/h2-12H,13-14H2,1H3,(H,25,28). The summed E-state index contributed by atoms with van der Waals surface area (Å²) in [6, 6.07) is 16.2. The van der Waals surface area contributed by atoms with Crippen LogP contribution in [0.15, 0.2) is 71.6 Å². The van der Waals surface area contributed by atoms with Crippen molar-refractivity contribution in [2.45, 2.75) is 18.4 Å². The van der Waals surface area contributed by atoms with E-state index in [0.29, 0.717) is 10.6 Å². The first-order chi connectivity index (χ1) is 15.6. The predicted octanol–water partition coefficient (Wildman–Crippen LogP) is 5.04. The van der Waals surface area contributed by atoms with E-state index < -0.39 is 27.4 Å². The molecule has 33 heavy (non-hydrogen) atoms. The van der Waals surface area contributed by atoms with Crippen molar-refractivity contribution >= 4 is 50.5 Å². The number of non-ortho nitro benzene ring substituents is 1. The molecular formula is C22H19Cl2N3O5S. The van der Waals surface area contributed by atoms with Crippen molar-refractivity contribution < 1.29 is 18.1 Å². The molecule has 172 valence electrons. The van der Waals surface area contributed by atoms with Crippen LogP contribution in [-0.4, -0.2) is 30.1 Å². The maximum absolute atomic E-state index is 13.3. The zero-order valence-electron chi connectivity index (χ0n) is 17.4. The van der Waals surface area contributed by atoms with E-state index in [1.54, 1.807) is 24.3 Å². The summed E-state index contributed by atoms with van der Waals surface area (Å²) in [5.41, 5.74) is 1.31. The summed E-state index contributed by atoms with van der Waals surface area (Å²) in [6.45, 7) is 1.10. The van der Waals surface area contributed by atoms with E-state index in [1.807, 2.05) is 6.92 Å². The van der Waals surface area contributed by atoms with Gasteiger partial charge < -0.3 is 5.32 Å². The van der Waals surface area contributed by atoms with Crippen molar-refractivity contribution in [2.24, 2.45) is 0 Å². The van der Waals surface area contributed by atoms with Crippen molar-refractivity contribution in [2.75, 3.05) is 11.9 Å². The molecule has 0 aliphatic carbocycles. The molecule has 3 aromatic rings. The van der Waals surface area contributed by atoms with Crippen LogP contribution in [-0.2, 0) is 21.4 Å². The van der Waals surface area contributed by atoms with Gasteiger partial charge in [0, 0.05) is 34.4 Å². The fourth-order valence-corrected chi connectivity index (χ4v) is 4.83. The third-order valence-corrected chi connectivity index (χ3v) is 7.07. The summed E-state index contributed by atoms with van der Waals surface area (Å²) in [5, 5.41) is 14.1. The van der Waals surface area contributed by atoms with E-state index in [2.05, 4.69) is 5.32 Å². The van der Waals surface area contributed by atoms with Crippen LogP contribution in [0.1, 0.15) is 11.1 Å². The summed E-state index contributed by atoms with van der Waals surface area (Å²) in [7, 11) is -4.08. The number of nitro benzene ring substituents is 1. The van der Waals surface area contributed by atoms with E-state index in [1.165, 1.54) is 42.5 Å². The number of benzene rings is 3. The molecule has 0 radical (unpaired) electrons. The zero-order chi connectivity index (χ0) is 24.2. The monoisotopic (exact) mass is 507 g/mol. The third kappa shape index (κ3) is 6.29. The molecule has 11 heteroatoms. The van der Waals surface area contributed by atoms with Gasteiger partial charge in [0.25, 0.3) is 5.69 Å². The Bertz CT molecular complexity index is 1300. The van der Waals surface area contributed by atoms with Gasteiger partial charge in [0.1, 0.15) is 0 Å². The van der Waals surface area contributed by atoms with Crippen LogP contribution >= 0.6 is 23.2 Å². The largest absolute Gasteiger partial charge is 0.325 e. The first-order valence-electron chi connectivity index (χ1n) is 9.61.